The molecule has 0 bridgehead atoms. The molecule has 0 N–H and O–H groups in total. The zero-order chi connectivity index (χ0) is 12.8. The van der Waals surface area contributed by atoms with Crippen molar-refractivity contribution in [2.45, 2.75) is 27.2 Å². The van der Waals surface area contributed by atoms with Crippen LogP contribution in [0.15, 0.2) is 30.5 Å². The first-order chi connectivity index (χ1) is 8.57. The van der Waals surface area contributed by atoms with Crippen molar-refractivity contribution in [2.75, 3.05) is 18.0 Å². The summed E-state index contributed by atoms with van der Waals surface area (Å²) < 4.78 is 0. The summed E-state index contributed by atoms with van der Waals surface area (Å²) in [6.45, 7) is 9.12. The summed E-state index contributed by atoms with van der Waals surface area (Å²) in [5.41, 5.74) is 4.17. The average Bonchev–Trinajstić information content (AvgIpc) is 2.70. The molecule has 0 saturated carbocycles. The fraction of sp³-hybridized carbons (Fsp3) is 0.438. The molecule has 0 spiro atoms. The second kappa shape index (κ2) is 3.98. The van der Waals surface area contributed by atoms with E-state index in [1.165, 1.54) is 23.1 Å². The Morgan fingerprint density at radius 2 is 2.06 bits per heavy atom. The van der Waals surface area contributed by atoms with Gasteiger partial charge in [-0.3, -0.25) is 4.98 Å². The van der Waals surface area contributed by atoms with Crippen LogP contribution in [0.4, 0.5) is 5.69 Å². The number of hydrogen-bond donors (Lipinski definition) is 0. The van der Waals surface area contributed by atoms with Crippen LogP contribution in [0.1, 0.15) is 25.8 Å². The molecule has 2 heterocycles. The molecule has 2 nitrogen and oxygen atoms in total. The molecule has 1 aliphatic rings. The quantitative estimate of drug-likeness (QED) is 0.754. The number of para-hydroxylation sites is 1. The van der Waals surface area contributed by atoms with Crippen LogP contribution in [0.25, 0.3) is 10.9 Å². The molecule has 2 aromatic rings. The fourth-order valence-electron chi connectivity index (χ4n) is 2.90. The summed E-state index contributed by atoms with van der Waals surface area (Å²) >= 11 is 0. The number of rotatable bonds is 1. The largest absolute Gasteiger partial charge is 0.370 e. The van der Waals surface area contributed by atoms with Crippen molar-refractivity contribution < 1.29 is 0 Å². The van der Waals surface area contributed by atoms with Crippen LogP contribution in [0.2, 0.25) is 0 Å². The van der Waals surface area contributed by atoms with E-state index in [-0.39, 0.29) is 0 Å². The van der Waals surface area contributed by atoms with E-state index in [1.54, 1.807) is 0 Å². The molecule has 1 saturated heterocycles. The molecule has 94 valence electrons. The van der Waals surface area contributed by atoms with Crippen LogP contribution >= 0.6 is 0 Å². The van der Waals surface area contributed by atoms with Gasteiger partial charge in [0.15, 0.2) is 0 Å². The van der Waals surface area contributed by atoms with E-state index in [0.29, 0.717) is 5.41 Å². The van der Waals surface area contributed by atoms with Crippen LogP contribution in [-0.4, -0.2) is 18.1 Å². The van der Waals surface area contributed by atoms with Gasteiger partial charge in [0.25, 0.3) is 0 Å². The van der Waals surface area contributed by atoms with Crippen molar-refractivity contribution in [1.82, 2.24) is 4.98 Å². The number of pyridine rings is 1. The monoisotopic (exact) mass is 240 g/mol. The molecule has 0 amide bonds. The smallest absolute Gasteiger partial charge is 0.0751 e. The van der Waals surface area contributed by atoms with Gasteiger partial charge in [-0.2, -0.15) is 0 Å². The first kappa shape index (κ1) is 11.5. The molecule has 0 atom stereocenters. The van der Waals surface area contributed by atoms with E-state index >= 15 is 0 Å². The Morgan fingerprint density at radius 1 is 1.22 bits per heavy atom. The van der Waals surface area contributed by atoms with Crippen LogP contribution in [0.5, 0.6) is 0 Å². The van der Waals surface area contributed by atoms with E-state index in [2.05, 4.69) is 54.9 Å². The van der Waals surface area contributed by atoms with Crippen LogP contribution in [-0.2, 0) is 0 Å². The van der Waals surface area contributed by atoms with Gasteiger partial charge in [-0.1, -0.05) is 32.0 Å². The SMILES string of the molecule is Cc1cccc2c(N3CCC(C)(C)C3)ccnc12. The van der Waals surface area contributed by atoms with Crippen molar-refractivity contribution in [2.24, 2.45) is 5.41 Å². The second-order valence-electron chi connectivity index (χ2n) is 6.14. The number of hydrogen-bond acceptors (Lipinski definition) is 2. The summed E-state index contributed by atoms with van der Waals surface area (Å²) in [5, 5.41) is 1.29. The molecule has 1 aliphatic heterocycles. The molecule has 1 aromatic heterocycles. The third-order valence-electron chi connectivity index (χ3n) is 3.97. The maximum Gasteiger partial charge on any atom is 0.0751 e. The Hall–Kier alpha value is -1.57. The zero-order valence-corrected chi connectivity index (χ0v) is 11.4. The third kappa shape index (κ3) is 1.86. The summed E-state index contributed by atoms with van der Waals surface area (Å²) in [7, 11) is 0. The lowest BCUT2D eigenvalue weighted by Crippen LogP contribution is -2.22. The Labute approximate surface area is 109 Å². The van der Waals surface area contributed by atoms with Gasteiger partial charge in [-0.05, 0) is 30.4 Å². The summed E-state index contributed by atoms with van der Waals surface area (Å²) in [5.74, 6) is 0. The number of aryl methyl sites for hydroxylation is 1. The predicted molar refractivity (Wildman–Crippen MR) is 77.1 cm³/mol. The zero-order valence-electron chi connectivity index (χ0n) is 11.4. The van der Waals surface area contributed by atoms with Gasteiger partial charge < -0.3 is 4.90 Å². The van der Waals surface area contributed by atoms with Gasteiger partial charge in [0.1, 0.15) is 0 Å². The van der Waals surface area contributed by atoms with E-state index < -0.39 is 0 Å². The lowest BCUT2D eigenvalue weighted by Gasteiger charge is -2.23. The van der Waals surface area contributed by atoms with Crippen molar-refractivity contribution in [3.05, 3.63) is 36.0 Å². The Bertz CT molecular complexity index is 587. The van der Waals surface area contributed by atoms with Crippen LogP contribution in [0.3, 0.4) is 0 Å². The Morgan fingerprint density at radius 3 is 2.78 bits per heavy atom. The normalized spacial score (nSPS) is 18.5. The predicted octanol–water partition coefficient (Wildman–Crippen LogP) is 3.78. The minimum absolute atomic E-state index is 0.430. The number of nitrogens with zero attached hydrogens (tertiary/aromatic N) is 2. The molecule has 18 heavy (non-hydrogen) atoms. The summed E-state index contributed by atoms with van der Waals surface area (Å²) in [4.78, 5) is 7.03. The number of fused-ring (bicyclic) bond motifs is 1. The fourth-order valence-corrected chi connectivity index (χ4v) is 2.90. The average molecular weight is 240 g/mol. The van der Waals surface area contributed by atoms with Gasteiger partial charge >= 0.3 is 0 Å². The van der Waals surface area contributed by atoms with E-state index in [9.17, 15) is 0 Å². The maximum absolute atomic E-state index is 4.52. The minimum atomic E-state index is 0.430. The third-order valence-corrected chi connectivity index (χ3v) is 3.97. The second-order valence-corrected chi connectivity index (χ2v) is 6.14. The van der Waals surface area contributed by atoms with Gasteiger partial charge in [-0.25, -0.2) is 0 Å². The molecule has 2 heteroatoms. The van der Waals surface area contributed by atoms with Gasteiger partial charge in [0.2, 0.25) is 0 Å². The van der Waals surface area contributed by atoms with E-state index in [1.807, 2.05) is 6.20 Å². The van der Waals surface area contributed by atoms with Gasteiger partial charge in [0.05, 0.1) is 5.52 Å². The van der Waals surface area contributed by atoms with Gasteiger partial charge in [0, 0.05) is 30.4 Å². The van der Waals surface area contributed by atoms with Crippen LogP contribution < -0.4 is 4.90 Å². The first-order valence-electron chi connectivity index (χ1n) is 6.66. The summed E-state index contributed by atoms with van der Waals surface area (Å²) in [6.07, 6.45) is 3.21. The highest BCUT2D eigenvalue weighted by Crippen LogP contribution is 2.35. The Kier molecular flexibility index (Phi) is 2.54. The minimum Gasteiger partial charge on any atom is -0.370 e. The van der Waals surface area contributed by atoms with E-state index in [0.717, 1.165) is 18.6 Å². The number of benzene rings is 1. The molecule has 0 unspecified atom stereocenters. The van der Waals surface area contributed by atoms with Crippen LogP contribution in [0, 0.1) is 12.3 Å². The van der Waals surface area contributed by atoms with Crippen molar-refractivity contribution in [1.29, 1.82) is 0 Å². The molecular weight excluding hydrogens is 220 g/mol. The molecule has 1 aromatic carbocycles. The number of anilines is 1. The molecule has 3 rings (SSSR count). The lowest BCUT2D eigenvalue weighted by atomic mass is 9.93. The molecule has 1 fully saturated rings. The summed E-state index contributed by atoms with van der Waals surface area (Å²) in [6, 6.07) is 8.61. The van der Waals surface area contributed by atoms with Crippen molar-refractivity contribution in [3.8, 4) is 0 Å². The molecule has 0 radical (unpaired) electrons. The lowest BCUT2D eigenvalue weighted by molar-refractivity contribution is 0.418. The van der Waals surface area contributed by atoms with Gasteiger partial charge in [-0.15, -0.1) is 0 Å². The standard InChI is InChI=1S/C16H20N2/c1-12-5-4-6-13-14(7-9-17-15(12)13)18-10-8-16(2,3)11-18/h4-7,9H,8,10-11H2,1-3H3. The number of aromatic nitrogens is 1. The molecular formula is C16H20N2. The highest BCUT2D eigenvalue weighted by molar-refractivity contribution is 5.93. The first-order valence-corrected chi connectivity index (χ1v) is 6.66. The van der Waals surface area contributed by atoms with E-state index in [4.69, 9.17) is 0 Å². The molecule has 0 aliphatic carbocycles. The highest BCUT2D eigenvalue weighted by Gasteiger charge is 2.29. The highest BCUT2D eigenvalue weighted by atomic mass is 15.2. The topological polar surface area (TPSA) is 16.1 Å². The maximum atomic E-state index is 4.52. The Balaban J connectivity index is 2.10. The van der Waals surface area contributed by atoms with Crippen molar-refractivity contribution >= 4 is 16.6 Å². The van der Waals surface area contributed by atoms with Crippen molar-refractivity contribution in [3.63, 3.8) is 0 Å².